The molecule has 0 aliphatic carbocycles. The molecule has 0 radical (unpaired) electrons. The van der Waals surface area contributed by atoms with Crippen molar-refractivity contribution in [2.75, 3.05) is 11.4 Å². The molecule has 0 bridgehead atoms. The molecule has 1 aliphatic rings. The Morgan fingerprint density at radius 3 is 2.58 bits per heavy atom. The highest BCUT2D eigenvalue weighted by molar-refractivity contribution is 6.03. The van der Waals surface area contributed by atoms with E-state index in [1.807, 2.05) is 57.2 Å². The van der Waals surface area contributed by atoms with Crippen molar-refractivity contribution in [3.8, 4) is 5.75 Å². The number of likely N-dealkylation sites (N-methyl/N-ethyl adjacent to an activating group) is 1. The Kier molecular flexibility index (Phi) is 5.26. The number of fused-ring (bicyclic) bond motifs is 1. The van der Waals surface area contributed by atoms with E-state index >= 15 is 0 Å². The third-order valence-corrected chi connectivity index (χ3v) is 4.34. The summed E-state index contributed by atoms with van der Waals surface area (Å²) in [6.45, 7) is 7.01. The van der Waals surface area contributed by atoms with E-state index in [-0.39, 0.29) is 17.9 Å². The van der Waals surface area contributed by atoms with Gasteiger partial charge in [0.15, 0.2) is 0 Å². The molecule has 0 spiro atoms. The van der Waals surface area contributed by atoms with Gasteiger partial charge in [0.2, 0.25) is 5.91 Å². The molecular weight excluding hydrogens is 328 g/mol. The van der Waals surface area contributed by atoms with Crippen LogP contribution in [0, 0.1) is 0 Å². The van der Waals surface area contributed by atoms with E-state index in [1.54, 1.807) is 11.0 Å². The standard InChI is InChI=1S/C21H24N2O3/c1-4-23-19-10-7-16(11-17(19)12-20(23)24)21(25)22-13-15-5-8-18(9-6-15)26-14(2)3/h5-11,14H,4,12-13H2,1-3H3,(H,22,25). The van der Waals surface area contributed by atoms with Crippen LogP contribution in [0.1, 0.15) is 42.3 Å². The fraction of sp³-hybridized carbons (Fsp3) is 0.333. The first-order valence-corrected chi connectivity index (χ1v) is 8.95. The zero-order valence-corrected chi connectivity index (χ0v) is 15.4. The number of nitrogens with one attached hydrogen (secondary N) is 1. The maximum Gasteiger partial charge on any atom is 0.251 e. The lowest BCUT2D eigenvalue weighted by Gasteiger charge is -2.14. The molecule has 5 nitrogen and oxygen atoms in total. The average molecular weight is 352 g/mol. The zero-order valence-electron chi connectivity index (χ0n) is 15.4. The number of carbonyl (C=O) groups is 2. The Labute approximate surface area is 154 Å². The SMILES string of the molecule is CCN1C(=O)Cc2cc(C(=O)NCc3ccc(OC(C)C)cc3)ccc21. The first-order valence-electron chi connectivity index (χ1n) is 8.95. The summed E-state index contributed by atoms with van der Waals surface area (Å²) >= 11 is 0. The van der Waals surface area contributed by atoms with Crippen molar-refractivity contribution in [3.63, 3.8) is 0 Å². The van der Waals surface area contributed by atoms with Gasteiger partial charge in [0.1, 0.15) is 5.75 Å². The van der Waals surface area contributed by atoms with E-state index in [0.29, 0.717) is 25.1 Å². The van der Waals surface area contributed by atoms with Gasteiger partial charge < -0.3 is 15.0 Å². The van der Waals surface area contributed by atoms with Crippen molar-refractivity contribution >= 4 is 17.5 Å². The number of rotatable bonds is 6. The minimum Gasteiger partial charge on any atom is -0.491 e. The monoisotopic (exact) mass is 352 g/mol. The summed E-state index contributed by atoms with van der Waals surface area (Å²) < 4.78 is 5.61. The molecule has 0 saturated carbocycles. The second-order valence-electron chi connectivity index (χ2n) is 6.65. The minimum absolute atomic E-state index is 0.0868. The second kappa shape index (κ2) is 7.60. The summed E-state index contributed by atoms with van der Waals surface area (Å²) in [7, 11) is 0. The predicted octanol–water partition coefficient (Wildman–Crippen LogP) is 3.31. The van der Waals surface area contributed by atoms with Gasteiger partial charge in [-0.3, -0.25) is 9.59 Å². The van der Waals surface area contributed by atoms with Gasteiger partial charge in [-0.05, 0) is 62.2 Å². The number of nitrogens with zero attached hydrogens (tertiary/aromatic N) is 1. The Morgan fingerprint density at radius 1 is 1.19 bits per heavy atom. The minimum atomic E-state index is -0.141. The summed E-state index contributed by atoms with van der Waals surface area (Å²) in [5, 5.41) is 2.92. The third kappa shape index (κ3) is 3.87. The Hall–Kier alpha value is -2.82. The van der Waals surface area contributed by atoms with Crippen LogP contribution in [0.15, 0.2) is 42.5 Å². The van der Waals surface area contributed by atoms with Crippen molar-refractivity contribution in [2.45, 2.75) is 39.8 Å². The molecule has 1 N–H and O–H groups in total. The quantitative estimate of drug-likeness (QED) is 0.868. The molecule has 2 aromatic carbocycles. The maximum absolute atomic E-state index is 12.4. The number of carbonyl (C=O) groups excluding carboxylic acids is 2. The van der Waals surface area contributed by atoms with Crippen molar-refractivity contribution < 1.29 is 14.3 Å². The van der Waals surface area contributed by atoms with E-state index in [1.165, 1.54) is 0 Å². The van der Waals surface area contributed by atoms with Crippen molar-refractivity contribution in [2.24, 2.45) is 0 Å². The van der Waals surface area contributed by atoms with Crippen LogP contribution in [0.25, 0.3) is 0 Å². The molecular formula is C21H24N2O3. The van der Waals surface area contributed by atoms with E-state index < -0.39 is 0 Å². The van der Waals surface area contributed by atoms with Gasteiger partial charge in [0.05, 0.1) is 12.5 Å². The first kappa shape index (κ1) is 18.0. The molecule has 2 amide bonds. The smallest absolute Gasteiger partial charge is 0.251 e. The van der Waals surface area contributed by atoms with Gasteiger partial charge in [-0.1, -0.05) is 12.1 Å². The highest BCUT2D eigenvalue weighted by Gasteiger charge is 2.26. The maximum atomic E-state index is 12.4. The van der Waals surface area contributed by atoms with Gasteiger partial charge in [0.25, 0.3) is 5.91 Å². The molecule has 0 atom stereocenters. The van der Waals surface area contributed by atoms with Crippen LogP contribution >= 0.6 is 0 Å². The van der Waals surface area contributed by atoms with Gasteiger partial charge in [-0.2, -0.15) is 0 Å². The van der Waals surface area contributed by atoms with Crippen LogP contribution in [0.3, 0.4) is 0 Å². The number of benzene rings is 2. The molecule has 5 heteroatoms. The lowest BCUT2D eigenvalue weighted by atomic mass is 10.1. The van der Waals surface area contributed by atoms with E-state index in [2.05, 4.69) is 5.32 Å². The van der Waals surface area contributed by atoms with E-state index in [0.717, 1.165) is 22.6 Å². The fourth-order valence-electron chi connectivity index (χ4n) is 3.11. The molecule has 2 aromatic rings. The second-order valence-corrected chi connectivity index (χ2v) is 6.65. The molecule has 1 heterocycles. The first-order chi connectivity index (χ1) is 12.5. The lowest BCUT2D eigenvalue weighted by molar-refractivity contribution is -0.117. The van der Waals surface area contributed by atoms with E-state index in [9.17, 15) is 9.59 Å². The number of hydrogen-bond donors (Lipinski definition) is 1. The predicted molar refractivity (Wildman–Crippen MR) is 102 cm³/mol. The molecule has 0 aromatic heterocycles. The average Bonchev–Trinajstić information content (AvgIpc) is 2.94. The van der Waals surface area contributed by atoms with Gasteiger partial charge in [-0.25, -0.2) is 0 Å². The molecule has 3 rings (SSSR count). The van der Waals surface area contributed by atoms with Crippen LogP contribution in [-0.4, -0.2) is 24.5 Å². The summed E-state index contributed by atoms with van der Waals surface area (Å²) in [6, 6.07) is 13.1. The normalized spacial score (nSPS) is 13.1. The lowest BCUT2D eigenvalue weighted by Crippen LogP contribution is -2.25. The Bertz CT molecular complexity index is 813. The highest BCUT2D eigenvalue weighted by atomic mass is 16.5. The van der Waals surface area contributed by atoms with Crippen LogP contribution in [-0.2, 0) is 17.8 Å². The summed E-state index contributed by atoms with van der Waals surface area (Å²) in [5.74, 6) is 0.764. The topological polar surface area (TPSA) is 58.6 Å². The van der Waals surface area contributed by atoms with Gasteiger partial charge in [0, 0.05) is 24.3 Å². The van der Waals surface area contributed by atoms with Gasteiger partial charge in [-0.15, -0.1) is 0 Å². The van der Waals surface area contributed by atoms with Gasteiger partial charge >= 0.3 is 0 Å². The molecule has 0 fully saturated rings. The largest absolute Gasteiger partial charge is 0.491 e. The van der Waals surface area contributed by atoms with Crippen molar-refractivity contribution in [3.05, 3.63) is 59.2 Å². The Morgan fingerprint density at radius 2 is 1.92 bits per heavy atom. The van der Waals surface area contributed by atoms with Crippen molar-refractivity contribution in [1.29, 1.82) is 0 Å². The molecule has 0 saturated heterocycles. The number of ether oxygens (including phenoxy) is 1. The van der Waals surface area contributed by atoms with Crippen LogP contribution in [0.4, 0.5) is 5.69 Å². The number of anilines is 1. The molecule has 26 heavy (non-hydrogen) atoms. The Balaban J connectivity index is 1.62. The summed E-state index contributed by atoms with van der Waals surface area (Å²) in [4.78, 5) is 26.1. The zero-order chi connectivity index (χ0) is 18.7. The number of amides is 2. The number of hydrogen-bond acceptors (Lipinski definition) is 3. The molecule has 0 unspecified atom stereocenters. The van der Waals surface area contributed by atoms with Crippen LogP contribution in [0.5, 0.6) is 5.75 Å². The molecule has 136 valence electrons. The summed E-state index contributed by atoms with van der Waals surface area (Å²) in [6.07, 6.45) is 0.498. The summed E-state index contributed by atoms with van der Waals surface area (Å²) in [5.41, 5.74) is 3.41. The van der Waals surface area contributed by atoms with E-state index in [4.69, 9.17) is 4.74 Å². The van der Waals surface area contributed by atoms with Crippen molar-refractivity contribution in [1.82, 2.24) is 5.32 Å². The molecule has 1 aliphatic heterocycles. The van der Waals surface area contributed by atoms with Crippen LogP contribution in [0.2, 0.25) is 0 Å². The third-order valence-electron chi connectivity index (χ3n) is 4.34. The highest BCUT2D eigenvalue weighted by Crippen LogP contribution is 2.29. The van der Waals surface area contributed by atoms with Crippen LogP contribution < -0.4 is 15.0 Å². The fourth-order valence-corrected chi connectivity index (χ4v) is 3.11.